The predicted octanol–water partition coefficient (Wildman–Crippen LogP) is 2.18. The van der Waals surface area contributed by atoms with Crippen LogP contribution in [-0.2, 0) is 16.0 Å². The van der Waals surface area contributed by atoms with E-state index in [2.05, 4.69) is 48.9 Å². The number of amides is 1. The second-order valence-electron chi connectivity index (χ2n) is 8.83. The summed E-state index contributed by atoms with van der Waals surface area (Å²) in [5.74, 6) is -0.359. The number of likely N-dealkylation sites (tertiary alicyclic amines) is 1. The fourth-order valence-corrected chi connectivity index (χ4v) is 4.74. The van der Waals surface area contributed by atoms with Gasteiger partial charge in [-0.25, -0.2) is 0 Å². The van der Waals surface area contributed by atoms with E-state index < -0.39 is 5.97 Å². The maximum absolute atomic E-state index is 13.0. The minimum Gasteiger partial charge on any atom is -0.481 e. The van der Waals surface area contributed by atoms with Gasteiger partial charge in [-0.15, -0.1) is 0 Å². The van der Waals surface area contributed by atoms with Crippen molar-refractivity contribution < 1.29 is 14.7 Å². The molecule has 3 rings (SSSR count). The number of rotatable bonds is 6. The number of hydrogen-bond donors (Lipinski definition) is 1. The minimum atomic E-state index is -0.749. The van der Waals surface area contributed by atoms with Gasteiger partial charge in [0, 0.05) is 51.7 Å². The van der Waals surface area contributed by atoms with Gasteiger partial charge >= 0.3 is 5.97 Å². The number of piperidine rings is 1. The van der Waals surface area contributed by atoms with Crippen LogP contribution in [0.25, 0.3) is 0 Å². The Morgan fingerprint density at radius 3 is 2.52 bits per heavy atom. The highest BCUT2D eigenvalue weighted by atomic mass is 16.4. The fraction of sp³-hybridized carbons (Fsp3) is 0.652. The third-order valence-electron chi connectivity index (χ3n) is 6.63. The number of aliphatic carboxylic acids is 1. The summed E-state index contributed by atoms with van der Waals surface area (Å²) in [5, 5.41) is 9.20. The molecule has 0 saturated carbocycles. The lowest BCUT2D eigenvalue weighted by atomic mass is 9.86. The van der Waals surface area contributed by atoms with Crippen LogP contribution < -0.4 is 0 Å². The molecule has 2 heterocycles. The molecule has 2 saturated heterocycles. The molecule has 0 radical (unpaired) electrons. The van der Waals surface area contributed by atoms with E-state index in [4.69, 9.17) is 0 Å². The molecule has 29 heavy (non-hydrogen) atoms. The van der Waals surface area contributed by atoms with Crippen molar-refractivity contribution in [2.24, 2.45) is 5.92 Å². The zero-order valence-electron chi connectivity index (χ0n) is 18.1. The van der Waals surface area contributed by atoms with Crippen molar-refractivity contribution in [3.63, 3.8) is 0 Å². The van der Waals surface area contributed by atoms with E-state index in [1.807, 2.05) is 4.90 Å². The molecule has 2 aliphatic rings. The van der Waals surface area contributed by atoms with Gasteiger partial charge in [0.2, 0.25) is 5.91 Å². The van der Waals surface area contributed by atoms with Gasteiger partial charge in [0.15, 0.2) is 0 Å². The quantitative estimate of drug-likeness (QED) is 0.792. The van der Waals surface area contributed by atoms with Gasteiger partial charge in [0.25, 0.3) is 0 Å². The molecule has 2 aliphatic heterocycles. The largest absolute Gasteiger partial charge is 0.481 e. The highest BCUT2D eigenvalue weighted by Crippen LogP contribution is 2.28. The Morgan fingerprint density at radius 1 is 1.10 bits per heavy atom. The van der Waals surface area contributed by atoms with Crippen LogP contribution in [0.3, 0.4) is 0 Å². The van der Waals surface area contributed by atoms with E-state index in [0.29, 0.717) is 25.4 Å². The van der Waals surface area contributed by atoms with E-state index in [-0.39, 0.29) is 18.2 Å². The van der Waals surface area contributed by atoms with Crippen molar-refractivity contribution in [2.75, 3.05) is 46.3 Å². The Kier molecular flexibility index (Phi) is 7.30. The van der Waals surface area contributed by atoms with Crippen molar-refractivity contribution >= 4 is 11.9 Å². The van der Waals surface area contributed by atoms with Gasteiger partial charge in [-0.1, -0.05) is 23.8 Å². The summed E-state index contributed by atoms with van der Waals surface area (Å²) in [6.07, 6.45) is 2.18. The Balaban J connectivity index is 1.66. The highest BCUT2D eigenvalue weighted by Gasteiger charge is 2.35. The fourth-order valence-electron chi connectivity index (χ4n) is 4.74. The number of hydrogen-bond acceptors (Lipinski definition) is 4. The Hall–Kier alpha value is -1.92. The molecule has 0 aliphatic carbocycles. The van der Waals surface area contributed by atoms with Crippen LogP contribution in [0, 0.1) is 19.8 Å². The smallest absolute Gasteiger partial charge is 0.303 e. The topological polar surface area (TPSA) is 64.1 Å². The molecule has 6 heteroatoms. The lowest BCUT2D eigenvalue weighted by Gasteiger charge is -2.46. The van der Waals surface area contributed by atoms with Gasteiger partial charge in [0.05, 0.1) is 6.42 Å². The number of piperazine rings is 1. The molecule has 0 unspecified atom stereocenters. The van der Waals surface area contributed by atoms with Crippen LogP contribution in [0.4, 0.5) is 0 Å². The van der Waals surface area contributed by atoms with Crippen molar-refractivity contribution in [2.45, 2.75) is 45.6 Å². The zero-order chi connectivity index (χ0) is 21.0. The maximum Gasteiger partial charge on any atom is 0.303 e. The van der Waals surface area contributed by atoms with Crippen molar-refractivity contribution in [3.8, 4) is 0 Å². The van der Waals surface area contributed by atoms with Crippen LogP contribution in [0.15, 0.2) is 18.2 Å². The number of carbonyl (C=O) groups excluding carboxylic acids is 1. The molecule has 1 amide bonds. The molecule has 1 aromatic rings. The monoisotopic (exact) mass is 401 g/mol. The van der Waals surface area contributed by atoms with Crippen LogP contribution >= 0.6 is 0 Å². The molecular formula is C23H35N3O3. The second kappa shape index (κ2) is 9.72. The van der Waals surface area contributed by atoms with Gasteiger partial charge in [-0.2, -0.15) is 0 Å². The lowest BCUT2D eigenvalue weighted by molar-refractivity contribution is -0.137. The average molecular weight is 402 g/mol. The summed E-state index contributed by atoms with van der Waals surface area (Å²) in [4.78, 5) is 31.1. The SMILES string of the molecule is Cc1ccc(C)c(CC(=O)N2CC[C@H](N3CCN(C)CC3)[C@H](CCC(=O)O)C2)c1. The molecule has 160 valence electrons. The number of likely N-dealkylation sites (N-methyl/N-ethyl adjacent to an activating group) is 1. The number of carbonyl (C=O) groups is 2. The molecule has 1 N–H and O–H groups in total. The number of aryl methyl sites for hydroxylation is 2. The average Bonchev–Trinajstić information content (AvgIpc) is 2.69. The minimum absolute atomic E-state index is 0.163. The Labute approximate surface area is 174 Å². The molecular weight excluding hydrogens is 366 g/mol. The summed E-state index contributed by atoms with van der Waals surface area (Å²) in [6, 6.07) is 6.64. The van der Waals surface area contributed by atoms with Gasteiger partial charge < -0.3 is 14.9 Å². The standard InChI is InChI=1S/C23H35N3O3/c1-17-4-5-18(2)20(14-17)15-22(27)26-9-8-21(19(16-26)6-7-23(28)29)25-12-10-24(3)11-13-25/h4-5,14,19,21H,6-13,15-16H2,1-3H3,(H,28,29)/t19-,21+/m1/s1. The molecule has 6 nitrogen and oxygen atoms in total. The summed E-state index contributed by atoms with van der Waals surface area (Å²) in [7, 11) is 2.15. The summed E-state index contributed by atoms with van der Waals surface area (Å²) >= 11 is 0. The summed E-state index contributed by atoms with van der Waals surface area (Å²) < 4.78 is 0. The normalized spacial score (nSPS) is 23.9. The first-order valence-electron chi connectivity index (χ1n) is 10.8. The number of benzene rings is 1. The van der Waals surface area contributed by atoms with Crippen LogP contribution in [0.5, 0.6) is 0 Å². The number of carboxylic acid groups (broad SMARTS) is 1. The second-order valence-corrected chi connectivity index (χ2v) is 8.83. The van der Waals surface area contributed by atoms with E-state index >= 15 is 0 Å². The molecule has 1 aromatic carbocycles. The van der Waals surface area contributed by atoms with Crippen LogP contribution in [-0.4, -0.2) is 84.0 Å². The van der Waals surface area contributed by atoms with Crippen molar-refractivity contribution in [1.29, 1.82) is 0 Å². The van der Waals surface area contributed by atoms with E-state index in [1.54, 1.807) is 0 Å². The first-order valence-corrected chi connectivity index (χ1v) is 10.8. The van der Waals surface area contributed by atoms with E-state index in [1.165, 1.54) is 5.56 Å². The van der Waals surface area contributed by atoms with Crippen LogP contribution in [0.2, 0.25) is 0 Å². The van der Waals surface area contributed by atoms with Crippen molar-refractivity contribution in [3.05, 3.63) is 34.9 Å². The third-order valence-corrected chi connectivity index (χ3v) is 6.63. The summed E-state index contributed by atoms with van der Waals surface area (Å²) in [6.45, 7) is 9.71. The molecule has 0 aromatic heterocycles. The van der Waals surface area contributed by atoms with Gasteiger partial charge in [0.1, 0.15) is 0 Å². The Bertz CT molecular complexity index is 728. The molecule has 0 bridgehead atoms. The Morgan fingerprint density at radius 2 is 1.83 bits per heavy atom. The van der Waals surface area contributed by atoms with E-state index in [9.17, 15) is 14.7 Å². The maximum atomic E-state index is 13.0. The predicted molar refractivity (Wildman–Crippen MR) is 114 cm³/mol. The van der Waals surface area contributed by atoms with E-state index in [0.717, 1.165) is 50.3 Å². The highest BCUT2D eigenvalue weighted by molar-refractivity contribution is 5.79. The molecule has 2 fully saturated rings. The summed E-state index contributed by atoms with van der Waals surface area (Å²) in [5.41, 5.74) is 3.42. The lowest BCUT2D eigenvalue weighted by Crippen LogP contribution is -2.57. The third kappa shape index (κ3) is 5.80. The molecule has 2 atom stereocenters. The zero-order valence-corrected chi connectivity index (χ0v) is 18.1. The number of nitrogens with zero attached hydrogens (tertiary/aromatic N) is 3. The first kappa shape index (κ1) is 21.8. The van der Waals surface area contributed by atoms with Crippen LogP contribution in [0.1, 0.15) is 36.0 Å². The van der Waals surface area contributed by atoms with Gasteiger partial charge in [-0.3, -0.25) is 14.5 Å². The van der Waals surface area contributed by atoms with Crippen molar-refractivity contribution in [1.82, 2.24) is 14.7 Å². The molecule has 0 spiro atoms. The van der Waals surface area contributed by atoms with Gasteiger partial charge in [-0.05, 0) is 50.8 Å². The first-order chi connectivity index (χ1) is 13.8. The number of carboxylic acids is 1.